The monoisotopic (exact) mass is 625 g/mol. The smallest absolute Gasteiger partial charge is 0.0548 e. The van der Waals surface area contributed by atoms with Gasteiger partial charge < -0.3 is 4.57 Å². The van der Waals surface area contributed by atoms with Crippen molar-refractivity contribution in [1.29, 1.82) is 0 Å². The van der Waals surface area contributed by atoms with E-state index < -0.39 is 0 Å². The second kappa shape index (κ2) is 9.78. The third-order valence-corrected chi connectivity index (χ3v) is 11.5. The van der Waals surface area contributed by atoms with Gasteiger partial charge in [0.2, 0.25) is 0 Å². The zero-order chi connectivity index (χ0) is 31.3. The van der Waals surface area contributed by atoms with E-state index in [2.05, 4.69) is 168 Å². The maximum Gasteiger partial charge on any atom is 0.0548 e. The summed E-state index contributed by atoms with van der Waals surface area (Å²) in [6, 6.07) is 60.7. The Labute approximate surface area is 280 Å². The number of hydrogen-bond acceptors (Lipinski definition) is 1. The van der Waals surface area contributed by atoms with Gasteiger partial charge in [0, 0.05) is 36.6 Å². The summed E-state index contributed by atoms with van der Waals surface area (Å²) < 4.78 is 5.12. The zero-order valence-electron chi connectivity index (χ0n) is 25.9. The van der Waals surface area contributed by atoms with Crippen LogP contribution >= 0.6 is 11.3 Å². The molecule has 222 valence electrons. The number of benzene rings is 9. The quantitative estimate of drug-likeness (QED) is 0.172. The van der Waals surface area contributed by atoms with Crippen molar-refractivity contribution in [3.05, 3.63) is 164 Å². The third kappa shape index (κ3) is 3.61. The highest BCUT2D eigenvalue weighted by molar-refractivity contribution is 7.25. The predicted octanol–water partition coefficient (Wildman–Crippen LogP) is 13.4. The lowest BCUT2D eigenvalue weighted by molar-refractivity contribution is 1.18. The van der Waals surface area contributed by atoms with Crippen molar-refractivity contribution in [2.24, 2.45) is 0 Å². The third-order valence-electron chi connectivity index (χ3n) is 10.4. The van der Waals surface area contributed by atoms with Crippen LogP contribution in [0.25, 0.3) is 102 Å². The molecule has 2 heterocycles. The first-order chi connectivity index (χ1) is 23.8. The molecule has 0 fully saturated rings. The van der Waals surface area contributed by atoms with Gasteiger partial charge in [-0.2, -0.15) is 0 Å². The molecule has 0 spiro atoms. The summed E-state index contributed by atoms with van der Waals surface area (Å²) in [5, 5.41) is 13.1. The Kier molecular flexibility index (Phi) is 5.32. The number of thiophene rings is 1. The molecule has 48 heavy (non-hydrogen) atoms. The van der Waals surface area contributed by atoms with E-state index in [0.717, 1.165) is 0 Å². The van der Waals surface area contributed by atoms with Gasteiger partial charge in [-0.1, -0.05) is 127 Å². The number of rotatable bonds is 3. The summed E-state index contributed by atoms with van der Waals surface area (Å²) in [6.07, 6.45) is 0. The Morgan fingerprint density at radius 2 is 0.958 bits per heavy atom. The summed E-state index contributed by atoms with van der Waals surface area (Å²) in [5.74, 6) is 0. The molecular formula is C46H27NS. The Bertz CT molecular complexity index is 3030. The molecule has 0 saturated carbocycles. The Morgan fingerprint density at radius 1 is 0.354 bits per heavy atom. The molecular weight excluding hydrogens is 599 g/mol. The molecule has 2 aromatic heterocycles. The maximum absolute atomic E-state index is 2.44. The second-order valence-corrected chi connectivity index (χ2v) is 14.0. The van der Waals surface area contributed by atoms with Crippen LogP contribution in [0.5, 0.6) is 0 Å². The number of fused-ring (bicyclic) bond motifs is 6. The van der Waals surface area contributed by atoms with E-state index in [9.17, 15) is 0 Å². The minimum Gasteiger partial charge on any atom is -0.309 e. The molecule has 0 aliphatic heterocycles. The van der Waals surface area contributed by atoms with Crippen LogP contribution < -0.4 is 0 Å². The van der Waals surface area contributed by atoms with Crippen LogP contribution in [0.15, 0.2) is 164 Å². The summed E-state index contributed by atoms with van der Waals surface area (Å²) in [4.78, 5) is 0. The Balaban J connectivity index is 1.10. The van der Waals surface area contributed by atoms with E-state index in [4.69, 9.17) is 0 Å². The van der Waals surface area contributed by atoms with Crippen molar-refractivity contribution in [3.8, 4) is 27.9 Å². The number of aromatic nitrogens is 1. The lowest BCUT2D eigenvalue weighted by Crippen LogP contribution is -1.94. The number of para-hydroxylation sites is 1. The normalized spacial score (nSPS) is 12.2. The van der Waals surface area contributed by atoms with Crippen molar-refractivity contribution in [2.45, 2.75) is 0 Å². The van der Waals surface area contributed by atoms with Gasteiger partial charge in [0.1, 0.15) is 0 Å². The Morgan fingerprint density at radius 3 is 1.69 bits per heavy atom. The Hall–Kier alpha value is -5.96. The van der Waals surface area contributed by atoms with Crippen LogP contribution in [0, 0.1) is 0 Å². The second-order valence-electron chi connectivity index (χ2n) is 12.9. The van der Waals surface area contributed by atoms with E-state index in [0.29, 0.717) is 0 Å². The van der Waals surface area contributed by atoms with E-state index in [1.165, 1.54) is 102 Å². The number of hydrogen-bond donors (Lipinski definition) is 0. The standard InChI is InChI=1S/C46H27NS/c1-2-8-28(9-3-1)33-22-16-30-19-25-38-34(23-17-31-18-24-37(33)45(30)46(31)38)29-14-20-32(21-15-29)47-41-12-6-4-10-35(41)39-27-44-40(26-42(39)47)36-11-5-7-13-43(36)48-44/h1-27H. The van der Waals surface area contributed by atoms with Gasteiger partial charge in [0.25, 0.3) is 0 Å². The van der Waals surface area contributed by atoms with E-state index in [1.54, 1.807) is 0 Å². The summed E-state index contributed by atoms with van der Waals surface area (Å²) in [7, 11) is 0. The van der Waals surface area contributed by atoms with Gasteiger partial charge in [0.15, 0.2) is 0 Å². The SMILES string of the molecule is c1ccc(-c2ccc3ccc4c(-c5ccc(-n6c7ccccc7c7cc8sc9ccccc9c8cc76)cc5)ccc5ccc2c3c54)cc1. The average molecular weight is 626 g/mol. The molecule has 0 amide bonds. The van der Waals surface area contributed by atoms with Gasteiger partial charge >= 0.3 is 0 Å². The summed E-state index contributed by atoms with van der Waals surface area (Å²) >= 11 is 1.88. The first-order valence-corrected chi connectivity index (χ1v) is 17.3. The van der Waals surface area contributed by atoms with Crippen LogP contribution in [-0.2, 0) is 0 Å². The molecule has 0 aliphatic carbocycles. The van der Waals surface area contributed by atoms with Gasteiger partial charge in [0.05, 0.1) is 11.0 Å². The van der Waals surface area contributed by atoms with Gasteiger partial charge in [-0.25, -0.2) is 0 Å². The molecule has 1 nitrogen and oxygen atoms in total. The summed E-state index contributed by atoms with van der Waals surface area (Å²) in [6.45, 7) is 0. The van der Waals surface area contributed by atoms with Crippen molar-refractivity contribution >= 4 is 85.6 Å². The highest BCUT2D eigenvalue weighted by Gasteiger charge is 2.17. The molecule has 0 atom stereocenters. The first kappa shape index (κ1) is 26.1. The van der Waals surface area contributed by atoms with Crippen LogP contribution in [0.4, 0.5) is 0 Å². The topological polar surface area (TPSA) is 4.93 Å². The molecule has 0 bridgehead atoms. The molecule has 0 unspecified atom stereocenters. The first-order valence-electron chi connectivity index (χ1n) is 16.5. The molecule has 0 saturated heterocycles. The minimum absolute atomic E-state index is 1.18. The van der Waals surface area contributed by atoms with Crippen molar-refractivity contribution < 1.29 is 0 Å². The highest BCUT2D eigenvalue weighted by atomic mass is 32.1. The highest BCUT2D eigenvalue weighted by Crippen LogP contribution is 2.44. The summed E-state index contributed by atoms with van der Waals surface area (Å²) in [5.41, 5.74) is 8.69. The molecule has 0 N–H and O–H groups in total. The van der Waals surface area contributed by atoms with Gasteiger partial charge in [-0.05, 0) is 91.0 Å². The maximum atomic E-state index is 2.44. The molecule has 0 radical (unpaired) electrons. The van der Waals surface area contributed by atoms with Gasteiger partial charge in [-0.3, -0.25) is 0 Å². The van der Waals surface area contributed by atoms with E-state index in [1.807, 2.05) is 11.3 Å². The van der Waals surface area contributed by atoms with Crippen LogP contribution in [-0.4, -0.2) is 4.57 Å². The molecule has 0 aliphatic rings. The van der Waals surface area contributed by atoms with Crippen molar-refractivity contribution in [3.63, 3.8) is 0 Å². The van der Waals surface area contributed by atoms with Gasteiger partial charge in [-0.15, -0.1) is 11.3 Å². The molecule has 9 aromatic carbocycles. The van der Waals surface area contributed by atoms with E-state index >= 15 is 0 Å². The lowest BCUT2D eigenvalue weighted by Gasteiger charge is -2.17. The van der Waals surface area contributed by atoms with Crippen LogP contribution in [0.3, 0.4) is 0 Å². The number of nitrogens with zero attached hydrogens (tertiary/aromatic N) is 1. The lowest BCUT2D eigenvalue weighted by atomic mass is 9.87. The largest absolute Gasteiger partial charge is 0.309 e. The van der Waals surface area contributed by atoms with Crippen LogP contribution in [0.1, 0.15) is 0 Å². The molecule has 2 heteroatoms. The minimum atomic E-state index is 1.18. The average Bonchev–Trinajstić information content (AvgIpc) is 3.68. The fourth-order valence-electron chi connectivity index (χ4n) is 8.18. The molecule has 11 rings (SSSR count). The van der Waals surface area contributed by atoms with Crippen molar-refractivity contribution in [2.75, 3.05) is 0 Å². The molecule has 11 aromatic rings. The van der Waals surface area contributed by atoms with Crippen LogP contribution in [0.2, 0.25) is 0 Å². The fraction of sp³-hybridized carbons (Fsp3) is 0. The zero-order valence-corrected chi connectivity index (χ0v) is 26.8. The van der Waals surface area contributed by atoms with Crippen molar-refractivity contribution in [1.82, 2.24) is 4.57 Å². The van der Waals surface area contributed by atoms with E-state index in [-0.39, 0.29) is 0 Å². The predicted molar refractivity (Wildman–Crippen MR) is 208 cm³/mol. The fourth-order valence-corrected chi connectivity index (χ4v) is 9.30.